The second kappa shape index (κ2) is 9.31. The first-order valence-corrected chi connectivity index (χ1v) is 10.6. The van der Waals surface area contributed by atoms with Crippen LogP contribution >= 0.6 is 11.8 Å². The second-order valence-corrected chi connectivity index (χ2v) is 8.46. The fraction of sp³-hybridized carbons (Fsp3) is 0.524. The molecule has 3 rings (SSSR count). The van der Waals surface area contributed by atoms with Crippen molar-refractivity contribution in [2.75, 3.05) is 13.7 Å². The molecule has 2 fully saturated rings. The Morgan fingerprint density at radius 1 is 1.41 bits per heavy atom. The second-order valence-electron chi connectivity index (χ2n) is 7.18. The molecule has 1 saturated heterocycles. The summed E-state index contributed by atoms with van der Waals surface area (Å²) in [7, 11) is 1.63. The Balaban J connectivity index is 1.62. The number of benzene rings is 1. The third-order valence-corrected chi connectivity index (χ3v) is 6.62. The van der Waals surface area contributed by atoms with Crippen molar-refractivity contribution in [3.05, 3.63) is 34.7 Å². The molecule has 1 saturated carbocycles. The van der Waals surface area contributed by atoms with E-state index in [0.29, 0.717) is 5.25 Å². The number of fused-ring (bicyclic) bond motifs is 1. The number of amides is 2. The normalized spacial score (nSPS) is 26.2. The maximum Gasteiger partial charge on any atom is 0.257 e. The van der Waals surface area contributed by atoms with Crippen LogP contribution in [-0.2, 0) is 9.59 Å². The van der Waals surface area contributed by atoms with Crippen LogP contribution in [0.5, 0.6) is 5.75 Å². The minimum absolute atomic E-state index is 0.00733. The molecule has 1 aromatic rings. The minimum Gasteiger partial charge on any atom is -0.497 e. The molecule has 0 aromatic heterocycles. The molecule has 0 radical (unpaired) electrons. The molecule has 1 heterocycles. The largest absolute Gasteiger partial charge is 0.497 e. The van der Waals surface area contributed by atoms with Crippen LogP contribution in [-0.4, -0.2) is 36.8 Å². The van der Waals surface area contributed by atoms with Crippen molar-refractivity contribution in [1.82, 2.24) is 10.6 Å². The average Bonchev–Trinajstić information content (AvgIpc) is 2.68. The molecule has 0 spiro atoms. The molecule has 2 aliphatic rings. The van der Waals surface area contributed by atoms with Gasteiger partial charge in [0.2, 0.25) is 5.91 Å². The Morgan fingerprint density at radius 2 is 2.26 bits per heavy atom. The summed E-state index contributed by atoms with van der Waals surface area (Å²) in [6.07, 6.45) is 6.56. The van der Waals surface area contributed by atoms with Crippen molar-refractivity contribution < 1.29 is 14.3 Å². The Labute approximate surface area is 165 Å². The van der Waals surface area contributed by atoms with Gasteiger partial charge >= 0.3 is 0 Å². The highest BCUT2D eigenvalue weighted by molar-refractivity contribution is 8.04. The quantitative estimate of drug-likeness (QED) is 0.579. The number of ether oxygens (including phenoxy) is 1. The summed E-state index contributed by atoms with van der Waals surface area (Å²) in [4.78, 5) is 25.6. The number of hydrogen-bond acceptors (Lipinski definition) is 4. The van der Waals surface area contributed by atoms with E-state index in [-0.39, 0.29) is 23.8 Å². The number of methoxy groups -OCH3 is 1. The predicted molar refractivity (Wildman–Crippen MR) is 110 cm³/mol. The van der Waals surface area contributed by atoms with E-state index in [0.717, 1.165) is 54.9 Å². The molecule has 3 unspecified atom stereocenters. The van der Waals surface area contributed by atoms with E-state index in [1.807, 2.05) is 30.3 Å². The summed E-state index contributed by atoms with van der Waals surface area (Å²) in [5.41, 5.74) is 0.953. The van der Waals surface area contributed by atoms with E-state index in [1.54, 1.807) is 18.9 Å². The van der Waals surface area contributed by atoms with Crippen molar-refractivity contribution in [2.45, 2.75) is 50.3 Å². The fourth-order valence-corrected chi connectivity index (χ4v) is 4.94. The molecule has 146 valence electrons. The van der Waals surface area contributed by atoms with Crippen molar-refractivity contribution in [3.63, 3.8) is 0 Å². The van der Waals surface area contributed by atoms with Crippen LogP contribution in [0.3, 0.4) is 0 Å². The van der Waals surface area contributed by atoms with E-state index in [2.05, 4.69) is 17.6 Å². The number of thioether (sulfide) groups is 1. The van der Waals surface area contributed by atoms with Gasteiger partial charge in [0.15, 0.2) is 0 Å². The summed E-state index contributed by atoms with van der Waals surface area (Å²) in [6.45, 7) is 2.86. The SMILES string of the molecule is CCCCNC(=O)C1CCC2S/C(=C/c3cccc(OC)c3)C(=O)NC2C1. The molecule has 3 atom stereocenters. The van der Waals surface area contributed by atoms with Gasteiger partial charge in [-0.25, -0.2) is 0 Å². The average molecular weight is 389 g/mol. The smallest absolute Gasteiger partial charge is 0.257 e. The Hall–Kier alpha value is -1.95. The predicted octanol–water partition coefficient (Wildman–Crippen LogP) is 3.35. The van der Waals surface area contributed by atoms with E-state index < -0.39 is 0 Å². The van der Waals surface area contributed by atoms with Gasteiger partial charge in [-0.15, -0.1) is 11.8 Å². The molecule has 6 heteroatoms. The monoisotopic (exact) mass is 388 g/mol. The first-order valence-electron chi connectivity index (χ1n) is 9.71. The van der Waals surface area contributed by atoms with Crippen molar-refractivity contribution in [2.24, 2.45) is 5.92 Å². The molecule has 5 nitrogen and oxygen atoms in total. The molecule has 2 N–H and O–H groups in total. The summed E-state index contributed by atoms with van der Waals surface area (Å²) in [5, 5.41) is 6.49. The lowest BCUT2D eigenvalue weighted by Crippen LogP contribution is -2.51. The highest BCUT2D eigenvalue weighted by atomic mass is 32.2. The van der Waals surface area contributed by atoms with Gasteiger partial charge in [-0.3, -0.25) is 9.59 Å². The zero-order valence-corrected chi connectivity index (χ0v) is 16.8. The molecule has 1 aromatic carbocycles. The zero-order valence-electron chi connectivity index (χ0n) is 16.0. The third kappa shape index (κ3) is 5.06. The Kier molecular flexibility index (Phi) is 6.83. The number of carbonyl (C=O) groups excluding carboxylic acids is 2. The molecule has 0 bridgehead atoms. The van der Waals surface area contributed by atoms with E-state index >= 15 is 0 Å². The fourth-order valence-electron chi connectivity index (χ4n) is 3.64. The Morgan fingerprint density at radius 3 is 3.04 bits per heavy atom. The highest BCUT2D eigenvalue weighted by Gasteiger charge is 2.39. The standard InChI is InChI=1S/C21H28N2O3S/c1-3-4-10-22-20(24)15-8-9-18-17(13-15)23-21(25)19(27-18)12-14-6-5-7-16(11-14)26-2/h5-7,11-12,15,17-18H,3-4,8-10,13H2,1-2H3,(H,22,24)(H,23,25)/b19-12+. The lowest BCUT2D eigenvalue weighted by Gasteiger charge is -2.39. The number of unbranched alkanes of at least 4 members (excludes halogenated alkanes) is 1. The molecule has 27 heavy (non-hydrogen) atoms. The van der Waals surface area contributed by atoms with E-state index in [4.69, 9.17) is 4.74 Å². The lowest BCUT2D eigenvalue weighted by molar-refractivity contribution is -0.127. The third-order valence-electron chi connectivity index (χ3n) is 5.20. The molecule has 2 amide bonds. The van der Waals surface area contributed by atoms with Crippen molar-refractivity contribution in [1.29, 1.82) is 0 Å². The number of nitrogens with one attached hydrogen (secondary N) is 2. The van der Waals surface area contributed by atoms with Crippen LogP contribution in [0.2, 0.25) is 0 Å². The zero-order chi connectivity index (χ0) is 19.2. The van der Waals surface area contributed by atoms with Gasteiger partial charge in [0, 0.05) is 23.8 Å². The number of rotatable bonds is 6. The number of hydrogen-bond donors (Lipinski definition) is 2. The molecular formula is C21H28N2O3S. The summed E-state index contributed by atoms with van der Waals surface area (Å²) >= 11 is 1.64. The van der Waals surface area contributed by atoms with E-state index in [9.17, 15) is 9.59 Å². The van der Waals surface area contributed by atoms with Gasteiger partial charge in [-0.2, -0.15) is 0 Å². The van der Waals surface area contributed by atoms with Crippen LogP contribution in [0.15, 0.2) is 29.2 Å². The molecule has 1 aliphatic carbocycles. The van der Waals surface area contributed by atoms with Gasteiger partial charge < -0.3 is 15.4 Å². The van der Waals surface area contributed by atoms with E-state index in [1.165, 1.54) is 0 Å². The van der Waals surface area contributed by atoms with Crippen LogP contribution in [0.4, 0.5) is 0 Å². The minimum atomic E-state index is -0.0453. The topological polar surface area (TPSA) is 67.4 Å². The van der Waals surface area contributed by atoms with Gasteiger partial charge in [0.25, 0.3) is 5.91 Å². The molecular weight excluding hydrogens is 360 g/mol. The first kappa shape index (κ1) is 19.8. The van der Waals surface area contributed by atoms with Crippen LogP contribution in [0.25, 0.3) is 6.08 Å². The highest BCUT2D eigenvalue weighted by Crippen LogP contribution is 2.40. The van der Waals surface area contributed by atoms with Gasteiger partial charge in [0.05, 0.1) is 12.0 Å². The molecule has 1 aliphatic heterocycles. The first-order chi connectivity index (χ1) is 13.1. The van der Waals surface area contributed by atoms with Crippen LogP contribution < -0.4 is 15.4 Å². The summed E-state index contributed by atoms with van der Waals surface area (Å²) in [6, 6.07) is 7.76. The van der Waals surface area contributed by atoms with Gasteiger partial charge in [0.1, 0.15) is 5.75 Å². The van der Waals surface area contributed by atoms with Crippen LogP contribution in [0.1, 0.15) is 44.6 Å². The Bertz CT molecular complexity index is 719. The summed E-state index contributed by atoms with van der Waals surface area (Å²) < 4.78 is 5.25. The number of carbonyl (C=O) groups is 2. The summed E-state index contributed by atoms with van der Waals surface area (Å²) in [5.74, 6) is 0.876. The maximum atomic E-state index is 12.6. The van der Waals surface area contributed by atoms with Crippen molar-refractivity contribution >= 4 is 29.7 Å². The maximum absolute atomic E-state index is 12.6. The van der Waals surface area contributed by atoms with Crippen molar-refractivity contribution in [3.8, 4) is 5.75 Å². The van der Waals surface area contributed by atoms with Gasteiger partial charge in [-0.1, -0.05) is 25.5 Å². The lowest BCUT2D eigenvalue weighted by atomic mass is 9.84. The van der Waals surface area contributed by atoms with Gasteiger partial charge in [-0.05, 0) is 49.5 Å². The van der Waals surface area contributed by atoms with Crippen LogP contribution in [0, 0.1) is 5.92 Å².